The van der Waals surface area contributed by atoms with Gasteiger partial charge in [-0.3, -0.25) is 0 Å². The topological polar surface area (TPSA) is 17.8 Å². The highest BCUT2D eigenvalue weighted by Crippen LogP contribution is 2.32. The first kappa shape index (κ1) is 30.7. The SMILES string of the molecule is CCCCCCCCCCCCCCCCCC(Cc1ccccc1)C(CCCCC)n1ccnc1. The van der Waals surface area contributed by atoms with Gasteiger partial charge in [0.1, 0.15) is 0 Å². The Morgan fingerprint density at radius 2 is 1.11 bits per heavy atom. The van der Waals surface area contributed by atoms with Gasteiger partial charge in [-0.2, -0.15) is 0 Å². The molecule has 2 atom stereocenters. The quantitative estimate of drug-likeness (QED) is 0.133. The highest BCUT2D eigenvalue weighted by atomic mass is 15.1. The van der Waals surface area contributed by atoms with Crippen molar-refractivity contribution >= 4 is 0 Å². The van der Waals surface area contributed by atoms with E-state index in [4.69, 9.17) is 0 Å². The normalized spacial score (nSPS) is 13.2. The summed E-state index contributed by atoms with van der Waals surface area (Å²) in [6, 6.07) is 11.7. The van der Waals surface area contributed by atoms with Crippen LogP contribution in [-0.2, 0) is 6.42 Å². The molecular weight excluding hydrogens is 436 g/mol. The zero-order chi connectivity index (χ0) is 25.5. The molecular formula is C34H58N2. The van der Waals surface area contributed by atoms with Crippen molar-refractivity contribution in [2.24, 2.45) is 5.92 Å². The van der Waals surface area contributed by atoms with E-state index in [9.17, 15) is 0 Å². The second kappa shape index (κ2) is 21.5. The van der Waals surface area contributed by atoms with Gasteiger partial charge in [-0.25, -0.2) is 4.98 Å². The van der Waals surface area contributed by atoms with Gasteiger partial charge in [0.15, 0.2) is 0 Å². The smallest absolute Gasteiger partial charge is 0.0948 e. The van der Waals surface area contributed by atoms with Gasteiger partial charge in [-0.05, 0) is 30.7 Å². The first-order valence-corrected chi connectivity index (χ1v) is 15.9. The standard InChI is InChI=1S/C34H58N2/c1-3-5-7-8-9-10-11-12-13-14-15-16-17-18-23-26-33(30-32-24-21-19-22-25-32)34(27-20-6-4-2)36-29-28-35-31-36/h19,21-22,24-25,28-29,31,33-34H,3-18,20,23,26-27,30H2,1-2H3. The summed E-state index contributed by atoms with van der Waals surface area (Å²) < 4.78 is 2.41. The second-order valence-electron chi connectivity index (χ2n) is 11.3. The van der Waals surface area contributed by atoms with E-state index in [-0.39, 0.29) is 0 Å². The Balaban J connectivity index is 1.65. The van der Waals surface area contributed by atoms with Gasteiger partial charge in [0.25, 0.3) is 0 Å². The minimum atomic E-state index is 0.575. The van der Waals surface area contributed by atoms with E-state index in [0.29, 0.717) is 12.0 Å². The minimum Gasteiger partial charge on any atom is -0.334 e. The lowest BCUT2D eigenvalue weighted by atomic mass is 9.84. The molecule has 36 heavy (non-hydrogen) atoms. The van der Waals surface area contributed by atoms with Crippen LogP contribution in [0.4, 0.5) is 0 Å². The van der Waals surface area contributed by atoms with Crippen LogP contribution >= 0.6 is 0 Å². The molecule has 0 spiro atoms. The molecule has 0 bridgehead atoms. The Labute approximate surface area is 224 Å². The molecule has 1 aromatic carbocycles. The van der Waals surface area contributed by atoms with Crippen LogP contribution in [-0.4, -0.2) is 9.55 Å². The second-order valence-corrected chi connectivity index (χ2v) is 11.3. The van der Waals surface area contributed by atoms with Gasteiger partial charge in [0.05, 0.1) is 6.33 Å². The monoisotopic (exact) mass is 494 g/mol. The van der Waals surface area contributed by atoms with Gasteiger partial charge in [-0.1, -0.05) is 160 Å². The molecule has 0 saturated carbocycles. The van der Waals surface area contributed by atoms with Crippen molar-refractivity contribution in [2.75, 3.05) is 0 Å². The van der Waals surface area contributed by atoms with E-state index in [2.05, 4.69) is 66.3 Å². The molecule has 0 aliphatic rings. The highest BCUT2D eigenvalue weighted by molar-refractivity contribution is 5.15. The number of hydrogen-bond acceptors (Lipinski definition) is 1. The van der Waals surface area contributed by atoms with Crippen molar-refractivity contribution in [2.45, 2.75) is 155 Å². The molecule has 0 saturated heterocycles. The molecule has 1 heterocycles. The van der Waals surface area contributed by atoms with Crippen LogP contribution < -0.4 is 0 Å². The van der Waals surface area contributed by atoms with Crippen molar-refractivity contribution in [1.29, 1.82) is 0 Å². The van der Waals surface area contributed by atoms with E-state index in [1.807, 2.05) is 6.20 Å². The van der Waals surface area contributed by atoms with Crippen LogP contribution in [0.25, 0.3) is 0 Å². The third kappa shape index (κ3) is 14.2. The molecule has 0 aliphatic heterocycles. The van der Waals surface area contributed by atoms with E-state index in [0.717, 1.165) is 0 Å². The van der Waals surface area contributed by atoms with Crippen LogP contribution in [0.2, 0.25) is 0 Å². The molecule has 0 N–H and O–H groups in total. The van der Waals surface area contributed by atoms with Gasteiger partial charge in [0, 0.05) is 18.4 Å². The zero-order valence-corrected chi connectivity index (χ0v) is 24.0. The number of imidazole rings is 1. The summed E-state index contributed by atoms with van der Waals surface area (Å²) in [4.78, 5) is 4.40. The van der Waals surface area contributed by atoms with Crippen molar-refractivity contribution in [3.63, 3.8) is 0 Å². The van der Waals surface area contributed by atoms with Gasteiger partial charge in [-0.15, -0.1) is 0 Å². The molecule has 0 fully saturated rings. The minimum absolute atomic E-state index is 0.575. The fourth-order valence-electron chi connectivity index (χ4n) is 5.82. The summed E-state index contributed by atoms with van der Waals surface area (Å²) in [5, 5.41) is 0. The summed E-state index contributed by atoms with van der Waals surface area (Å²) in [5.74, 6) is 0.695. The van der Waals surface area contributed by atoms with Crippen LogP contribution in [0.3, 0.4) is 0 Å². The van der Waals surface area contributed by atoms with E-state index in [1.165, 1.54) is 140 Å². The number of rotatable bonds is 24. The Hall–Kier alpha value is -1.57. The third-order valence-electron chi connectivity index (χ3n) is 8.07. The number of benzene rings is 1. The molecule has 0 aliphatic carbocycles. The van der Waals surface area contributed by atoms with Crippen molar-refractivity contribution < 1.29 is 0 Å². The average molecular weight is 495 g/mol. The largest absolute Gasteiger partial charge is 0.334 e. The maximum atomic E-state index is 4.40. The number of nitrogens with zero attached hydrogens (tertiary/aromatic N) is 2. The summed E-state index contributed by atoms with van der Waals surface area (Å²) in [5.41, 5.74) is 1.49. The molecule has 0 radical (unpaired) electrons. The van der Waals surface area contributed by atoms with Crippen LogP contribution in [0.15, 0.2) is 49.1 Å². The van der Waals surface area contributed by atoms with Crippen molar-refractivity contribution in [1.82, 2.24) is 9.55 Å². The summed E-state index contributed by atoms with van der Waals surface area (Å²) in [7, 11) is 0. The Bertz CT molecular complexity index is 693. The average Bonchev–Trinajstić information content (AvgIpc) is 3.44. The maximum Gasteiger partial charge on any atom is 0.0948 e. The summed E-state index contributed by atoms with van der Waals surface area (Å²) >= 11 is 0. The Kier molecular flexibility index (Phi) is 18.3. The number of aromatic nitrogens is 2. The fraction of sp³-hybridized carbons (Fsp3) is 0.735. The molecule has 1 aromatic heterocycles. The molecule has 204 valence electrons. The first-order valence-electron chi connectivity index (χ1n) is 15.9. The summed E-state index contributed by atoms with van der Waals surface area (Å²) in [6.07, 6.45) is 35.5. The lowest BCUT2D eigenvalue weighted by Crippen LogP contribution is -2.21. The van der Waals surface area contributed by atoms with Gasteiger partial charge >= 0.3 is 0 Å². The molecule has 0 amide bonds. The maximum absolute atomic E-state index is 4.40. The van der Waals surface area contributed by atoms with Crippen LogP contribution in [0.1, 0.15) is 154 Å². The lowest BCUT2D eigenvalue weighted by molar-refractivity contribution is 0.276. The molecule has 2 aromatic rings. The molecule has 2 rings (SSSR count). The van der Waals surface area contributed by atoms with Crippen molar-refractivity contribution in [3.05, 3.63) is 54.6 Å². The zero-order valence-electron chi connectivity index (χ0n) is 24.0. The van der Waals surface area contributed by atoms with Crippen LogP contribution in [0, 0.1) is 5.92 Å². The fourth-order valence-corrected chi connectivity index (χ4v) is 5.82. The first-order chi connectivity index (χ1) is 17.8. The molecule has 2 unspecified atom stereocenters. The van der Waals surface area contributed by atoms with E-state index < -0.39 is 0 Å². The van der Waals surface area contributed by atoms with E-state index in [1.54, 1.807) is 0 Å². The predicted octanol–water partition coefficient (Wildman–Crippen LogP) is 11.1. The Morgan fingerprint density at radius 1 is 0.611 bits per heavy atom. The Morgan fingerprint density at radius 3 is 1.64 bits per heavy atom. The van der Waals surface area contributed by atoms with Crippen LogP contribution in [0.5, 0.6) is 0 Å². The lowest BCUT2D eigenvalue weighted by Gasteiger charge is -2.29. The number of unbranched alkanes of at least 4 members (excludes halogenated alkanes) is 16. The van der Waals surface area contributed by atoms with E-state index >= 15 is 0 Å². The van der Waals surface area contributed by atoms with Crippen molar-refractivity contribution in [3.8, 4) is 0 Å². The molecule has 2 nitrogen and oxygen atoms in total. The van der Waals surface area contributed by atoms with Gasteiger partial charge < -0.3 is 4.57 Å². The highest BCUT2D eigenvalue weighted by Gasteiger charge is 2.22. The third-order valence-corrected chi connectivity index (χ3v) is 8.07. The number of hydrogen-bond donors (Lipinski definition) is 0. The predicted molar refractivity (Wildman–Crippen MR) is 159 cm³/mol. The summed E-state index contributed by atoms with van der Waals surface area (Å²) in [6.45, 7) is 4.61. The molecule has 2 heteroatoms. The van der Waals surface area contributed by atoms with Gasteiger partial charge in [0.2, 0.25) is 0 Å².